The number of carbonyl (C=O) groups is 1. The van der Waals surface area contributed by atoms with E-state index < -0.39 is 6.04 Å². The van der Waals surface area contributed by atoms with E-state index in [0.717, 1.165) is 18.7 Å². The van der Waals surface area contributed by atoms with Gasteiger partial charge in [0.05, 0.1) is 18.4 Å². The largest absolute Gasteiger partial charge is 0.373 e. The highest BCUT2D eigenvalue weighted by Gasteiger charge is 2.34. The van der Waals surface area contributed by atoms with Crippen LogP contribution in [0.1, 0.15) is 39.3 Å². The Hall–Kier alpha value is -1.44. The number of ether oxygens (including phenoxy) is 1. The zero-order valence-corrected chi connectivity index (χ0v) is 15.7. The van der Waals surface area contributed by atoms with E-state index in [2.05, 4.69) is 48.3 Å². The molecule has 136 valence electrons. The lowest BCUT2D eigenvalue weighted by atomic mass is 9.99. The maximum absolute atomic E-state index is 12.6. The molecule has 1 amide bonds. The number of nitrogens with zero attached hydrogens (tertiary/aromatic N) is 3. The molecule has 7 nitrogen and oxygen atoms in total. The second-order valence-electron chi connectivity index (χ2n) is 7.36. The van der Waals surface area contributed by atoms with Gasteiger partial charge in [-0.05, 0) is 34.7 Å². The molecule has 3 unspecified atom stereocenters. The Kier molecular flexibility index (Phi) is 6.01. The molecule has 1 aromatic heterocycles. The van der Waals surface area contributed by atoms with Crippen molar-refractivity contribution < 1.29 is 9.53 Å². The van der Waals surface area contributed by atoms with E-state index in [1.807, 2.05) is 13.2 Å². The van der Waals surface area contributed by atoms with Gasteiger partial charge in [-0.15, -0.1) is 0 Å². The smallest absolute Gasteiger partial charge is 0.241 e. The van der Waals surface area contributed by atoms with E-state index in [9.17, 15) is 4.79 Å². The molecule has 0 aliphatic carbocycles. The van der Waals surface area contributed by atoms with E-state index in [1.54, 1.807) is 17.9 Å². The molecular weight excluding hydrogens is 306 g/mol. The van der Waals surface area contributed by atoms with Crippen LogP contribution in [0.2, 0.25) is 0 Å². The van der Waals surface area contributed by atoms with E-state index in [0.29, 0.717) is 6.54 Å². The van der Waals surface area contributed by atoms with Crippen LogP contribution in [-0.2, 0) is 16.6 Å². The number of carbonyl (C=O) groups excluding carboxylic acids is 1. The summed E-state index contributed by atoms with van der Waals surface area (Å²) in [5.41, 5.74) is 0.735. The topological polar surface area (TPSA) is 71.4 Å². The summed E-state index contributed by atoms with van der Waals surface area (Å²) in [6.45, 7) is 10.9. The average Bonchev–Trinajstić information content (AvgIpc) is 2.91. The van der Waals surface area contributed by atoms with Gasteiger partial charge in [0.2, 0.25) is 5.91 Å². The Morgan fingerprint density at radius 3 is 2.54 bits per heavy atom. The van der Waals surface area contributed by atoms with Crippen molar-refractivity contribution in [2.75, 3.05) is 26.7 Å². The first-order chi connectivity index (χ1) is 11.2. The summed E-state index contributed by atoms with van der Waals surface area (Å²) in [4.78, 5) is 15.0. The number of amides is 1. The van der Waals surface area contributed by atoms with E-state index in [-0.39, 0.29) is 23.7 Å². The highest BCUT2D eigenvalue weighted by Crippen LogP contribution is 2.21. The maximum Gasteiger partial charge on any atom is 0.241 e. The molecule has 7 heteroatoms. The fourth-order valence-electron chi connectivity index (χ4n) is 3.23. The standard InChI is InChI=1S/C17H31N5O2/c1-12-8-22(9-13(2)24-12)17(3,4)11-19-16(23)15(18-5)14-7-20-21(6)10-14/h7,10,12-13,15,18H,8-9,11H2,1-6H3,(H,19,23). The first kappa shape index (κ1) is 18.9. The van der Waals surface area contributed by atoms with Crippen LogP contribution < -0.4 is 10.6 Å². The Bertz CT molecular complexity index is 547. The number of rotatable bonds is 6. The van der Waals surface area contributed by atoms with Gasteiger partial charge in [-0.3, -0.25) is 14.4 Å². The summed E-state index contributed by atoms with van der Waals surface area (Å²) in [5, 5.41) is 10.3. The molecule has 0 radical (unpaired) electrons. The van der Waals surface area contributed by atoms with Crippen LogP contribution in [0.3, 0.4) is 0 Å². The second kappa shape index (κ2) is 7.63. The van der Waals surface area contributed by atoms with E-state index in [1.165, 1.54) is 0 Å². The first-order valence-corrected chi connectivity index (χ1v) is 8.57. The molecule has 2 rings (SSSR count). The monoisotopic (exact) mass is 337 g/mol. The fraction of sp³-hybridized carbons (Fsp3) is 0.765. The SMILES string of the molecule is CNC(C(=O)NCC(C)(C)N1CC(C)OC(C)C1)c1cnn(C)c1. The highest BCUT2D eigenvalue weighted by molar-refractivity contribution is 5.83. The molecule has 3 atom stereocenters. The zero-order chi connectivity index (χ0) is 17.9. The molecule has 1 saturated heterocycles. The molecule has 0 saturated carbocycles. The summed E-state index contributed by atoms with van der Waals surface area (Å²) >= 11 is 0. The Morgan fingerprint density at radius 1 is 1.42 bits per heavy atom. The van der Waals surface area contributed by atoms with Crippen molar-refractivity contribution in [1.29, 1.82) is 0 Å². The maximum atomic E-state index is 12.6. The number of aromatic nitrogens is 2. The van der Waals surface area contributed by atoms with Crippen LogP contribution in [0.4, 0.5) is 0 Å². The Labute approximate surface area is 144 Å². The quantitative estimate of drug-likeness (QED) is 0.799. The van der Waals surface area contributed by atoms with Crippen molar-refractivity contribution in [1.82, 2.24) is 25.3 Å². The zero-order valence-electron chi connectivity index (χ0n) is 15.7. The van der Waals surface area contributed by atoms with Crippen molar-refractivity contribution in [2.24, 2.45) is 7.05 Å². The molecule has 2 N–H and O–H groups in total. The number of likely N-dealkylation sites (N-methyl/N-ethyl adjacent to an activating group) is 1. The highest BCUT2D eigenvalue weighted by atomic mass is 16.5. The van der Waals surface area contributed by atoms with Crippen LogP contribution in [0.15, 0.2) is 12.4 Å². The van der Waals surface area contributed by atoms with Gasteiger partial charge in [0, 0.05) is 44.0 Å². The van der Waals surface area contributed by atoms with Gasteiger partial charge >= 0.3 is 0 Å². The minimum Gasteiger partial charge on any atom is -0.373 e. The minimum atomic E-state index is -0.392. The molecule has 0 aromatic carbocycles. The lowest BCUT2D eigenvalue weighted by Gasteiger charge is -2.45. The second-order valence-corrected chi connectivity index (χ2v) is 7.36. The molecule has 24 heavy (non-hydrogen) atoms. The molecule has 2 heterocycles. The van der Waals surface area contributed by atoms with Crippen LogP contribution in [-0.4, -0.2) is 65.0 Å². The summed E-state index contributed by atoms with van der Waals surface area (Å²) < 4.78 is 7.51. The number of nitrogens with one attached hydrogen (secondary N) is 2. The normalized spacial score (nSPS) is 23.9. The number of hydrogen-bond donors (Lipinski definition) is 2. The van der Waals surface area contributed by atoms with Crippen molar-refractivity contribution in [3.8, 4) is 0 Å². The van der Waals surface area contributed by atoms with Crippen LogP contribution in [0, 0.1) is 0 Å². The lowest BCUT2D eigenvalue weighted by Crippen LogP contribution is -2.59. The number of aryl methyl sites for hydroxylation is 1. The van der Waals surface area contributed by atoms with Gasteiger partial charge in [-0.1, -0.05) is 0 Å². The molecule has 1 aliphatic rings. The van der Waals surface area contributed by atoms with Gasteiger partial charge in [-0.2, -0.15) is 5.10 Å². The van der Waals surface area contributed by atoms with Crippen molar-refractivity contribution in [3.05, 3.63) is 18.0 Å². The molecule has 0 bridgehead atoms. The van der Waals surface area contributed by atoms with Gasteiger partial charge in [-0.25, -0.2) is 0 Å². The summed E-state index contributed by atoms with van der Waals surface area (Å²) in [6, 6.07) is -0.392. The predicted octanol–water partition coefficient (Wildman–Crippen LogP) is 0.685. The Morgan fingerprint density at radius 2 is 2.04 bits per heavy atom. The molecule has 0 spiro atoms. The van der Waals surface area contributed by atoms with Crippen LogP contribution >= 0.6 is 0 Å². The van der Waals surface area contributed by atoms with Gasteiger partial charge in [0.1, 0.15) is 6.04 Å². The lowest BCUT2D eigenvalue weighted by molar-refractivity contribution is -0.125. The van der Waals surface area contributed by atoms with E-state index in [4.69, 9.17) is 4.74 Å². The van der Waals surface area contributed by atoms with E-state index >= 15 is 0 Å². The number of hydrogen-bond acceptors (Lipinski definition) is 5. The summed E-state index contributed by atoms with van der Waals surface area (Å²) in [6.07, 6.45) is 4.00. The number of morpholine rings is 1. The summed E-state index contributed by atoms with van der Waals surface area (Å²) in [5.74, 6) is -0.0343. The van der Waals surface area contributed by atoms with Gasteiger partial charge in [0.25, 0.3) is 0 Å². The van der Waals surface area contributed by atoms with Crippen molar-refractivity contribution in [3.63, 3.8) is 0 Å². The fourth-order valence-corrected chi connectivity index (χ4v) is 3.23. The van der Waals surface area contributed by atoms with Crippen LogP contribution in [0.25, 0.3) is 0 Å². The first-order valence-electron chi connectivity index (χ1n) is 8.57. The van der Waals surface area contributed by atoms with Gasteiger partial charge < -0.3 is 15.4 Å². The molecule has 1 aliphatic heterocycles. The predicted molar refractivity (Wildman–Crippen MR) is 93.7 cm³/mol. The van der Waals surface area contributed by atoms with Crippen molar-refractivity contribution in [2.45, 2.75) is 51.5 Å². The molecule has 1 aromatic rings. The minimum absolute atomic E-state index is 0.0343. The third-order valence-electron chi connectivity index (χ3n) is 4.58. The third kappa shape index (κ3) is 4.55. The molecular formula is C17H31N5O2. The van der Waals surface area contributed by atoms with Gasteiger partial charge in [0.15, 0.2) is 0 Å². The molecule has 1 fully saturated rings. The average molecular weight is 337 g/mol. The van der Waals surface area contributed by atoms with Crippen LogP contribution in [0.5, 0.6) is 0 Å². The summed E-state index contributed by atoms with van der Waals surface area (Å²) in [7, 11) is 3.63. The third-order valence-corrected chi connectivity index (χ3v) is 4.58. The Balaban J connectivity index is 1.96. The van der Waals surface area contributed by atoms with Crippen molar-refractivity contribution >= 4 is 5.91 Å².